The number of hydrogen-bond donors (Lipinski definition) is 2. The van der Waals surface area contributed by atoms with E-state index in [0.29, 0.717) is 65.0 Å². The standard InChI is InChI=1S/C27H52O4.C21H40O4.C13H24O4.C12H22O4.C11H20O4/c1-5-9-11-13-15-17-19-21-23-27(25(28)30-7-3,26(29)31-8-4)24-22-20-18-16-14-12-10-6-2;1-5-9-11-13-15-17-21(19(22)24-7-3,20(23)25-8-4)18-16-14-12-10-6-2;1-6-9(4)10(5)17-12(16)13(7-2,8-3)11(14)15;1-6-12(7-2,10(13)14)11(15)16-9(5)8(3)4;1-5-11(6-2,9(12)14-7-3)10(13)15-8-4/h5-24H2,1-4H3;5-18H2,1-4H3;9-10H,6-8H2,1-5H3,(H,14,15);8-9H,6-7H2,1-5H3,(H,13,14);5-8H2,1-4H3. The quantitative estimate of drug-likeness (QED) is 0.0248. The summed E-state index contributed by atoms with van der Waals surface area (Å²) in [5, 5.41) is 18.3. The third-order valence-electron chi connectivity index (χ3n) is 20.5. The summed E-state index contributed by atoms with van der Waals surface area (Å²) in [6.45, 7) is 43.0. The molecule has 20 heteroatoms. The number of hydrogen-bond acceptors (Lipinski definition) is 18. The number of ether oxygens (including phenoxy) is 8. The Bertz CT molecular complexity index is 2140. The van der Waals surface area contributed by atoms with Crippen LogP contribution in [0.2, 0.25) is 0 Å². The first-order valence-corrected chi connectivity index (χ1v) is 41.3. The molecule has 0 amide bonds. The van der Waals surface area contributed by atoms with Crippen LogP contribution >= 0.6 is 0 Å². The highest BCUT2D eigenvalue weighted by Gasteiger charge is 2.50. The molecule has 2 N–H and O–H groups in total. The summed E-state index contributed by atoms with van der Waals surface area (Å²) in [7, 11) is 0. The summed E-state index contributed by atoms with van der Waals surface area (Å²) in [4.78, 5) is 121. The summed E-state index contributed by atoms with van der Waals surface area (Å²) < 4.78 is 41.7. The van der Waals surface area contributed by atoms with Crippen LogP contribution in [-0.4, -0.2) is 122 Å². The Morgan fingerprint density at radius 2 is 0.442 bits per heavy atom. The van der Waals surface area contributed by atoms with Gasteiger partial charge in [0.15, 0.2) is 27.1 Å². The molecular formula is C84H158O20. The Balaban J connectivity index is -0.000000405. The van der Waals surface area contributed by atoms with Crippen molar-refractivity contribution in [2.75, 3.05) is 39.6 Å². The van der Waals surface area contributed by atoms with E-state index in [0.717, 1.165) is 70.6 Å². The van der Waals surface area contributed by atoms with Gasteiger partial charge in [-0.25, -0.2) is 0 Å². The van der Waals surface area contributed by atoms with E-state index >= 15 is 0 Å². The number of carboxylic acids is 2. The average Bonchev–Trinajstić information content (AvgIpc) is 0.853. The van der Waals surface area contributed by atoms with Crippen molar-refractivity contribution in [2.45, 2.75) is 402 Å². The lowest BCUT2D eigenvalue weighted by atomic mass is 9.77. The van der Waals surface area contributed by atoms with Gasteiger partial charge in [0.1, 0.15) is 12.2 Å². The van der Waals surface area contributed by atoms with E-state index in [1.807, 2.05) is 34.6 Å². The van der Waals surface area contributed by atoms with Gasteiger partial charge in [-0.3, -0.25) is 47.9 Å². The lowest BCUT2D eigenvalue weighted by Gasteiger charge is -2.29. The summed E-state index contributed by atoms with van der Waals surface area (Å²) >= 11 is 0. The van der Waals surface area contributed by atoms with Crippen LogP contribution in [0.25, 0.3) is 0 Å². The van der Waals surface area contributed by atoms with Gasteiger partial charge in [0, 0.05) is 0 Å². The van der Waals surface area contributed by atoms with E-state index in [-0.39, 0.29) is 86.8 Å². The zero-order chi connectivity index (χ0) is 80.6. The van der Waals surface area contributed by atoms with Crippen molar-refractivity contribution < 1.29 is 96.1 Å². The Labute approximate surface area is 633 Å². The van der Waals surface area contributed by atoms with Crippen molar-refractivity contribution in [1.29, 1.82) is 0 Å². The third kappa shape index (κ3) is 41.2. The number of carbonyl (C=O) groups excluding carboxylic acids is 8. The molecule has 104 heavy (non-hydrogen) atoms. The molecular weight excluding hydrogens is 1330 g/mol. The average molecular weight is 1490 g/mol. The maximum atomic E-state index is 12.9. The first kappa shape index (κ1) is 107. The van der Waals surface area contributed by atoms with Gasteiger partial charge < -0.3 is 48.1 Å². The van der Waals surface area contributed by atoms with Crippen molar-refractivity contribution in [3.05, 3.63) is 0 Å². The second-order valence-electron chi connectivity index (χ2n) is 28.1. The summed E-state index contributed by atoms with van der Waals surface area (Å²) in [5.74, 6) is -5.49. The molecule has 3 atom stereocenters. The molecule has 0 aliphatic carbocycles. The first-order valence-electron chi connectivity index (χ1n) is 41.3. The zero-order valence-electron chi connectivity index (χ0n) is 70.5. The van der Waals surface area contributed by atoms with Crippen LogP contribution < -0.4 is 0 Å². The molecule has 0 bridgehead atoms. The van der Waals surface area contributed by atoms with Gasteiger partial charge in [-0.15, -0.1) is 0 Å². The topological polar surface area (TPSA) is 285 Å². The predicted octanol–water partition coefficient (Wildman–Crippen LogP) is 21.2. The molecule has 0 rings (SSSR count). The molecule has 0 spiro atoms. The summed E-state index contributed by atoms with van der Waals surface area (Å²) in [6.07, 6.45) is 34.3. The maximum absolute atomic E-state index is 12.9. The second kappa shape index (κ2) is 65.9. The van der Waals surface area contributed by atoms with Crippen molar-refractivity contribution >= 4 is 59.7 Å². The molecule has 0 aromatic carbocycles. The number of rotatable bonds is 57. The van der Waals surface area contributed by atoms with E-state index in [9.17, 15) is 53.1 Å². The van der Waals surface area contributed by atoms with Crippen LogP contribution in [0.1, 0.15) is 390 Å². The molecule has 0 saturated heterocycles. The molecule has 614 valence electrons. The predicted molar refractivity (Wildman–Crippen MR) is 416 cm³/mol. The van der Waals surface area contributed by atoms with Crippen molar-refractivity contribution in [2.24, 2.45) is 38.9 Å². The Morgan fingerprint density at radius 3 is 0.615 bits per heavy atom. The van der Waals surface area contributed by atoms with Gasteiger partial charge in [-0.05, 0) is 131 Å². The molecule has 0 aromatic rings. The van der Waals surface area contributed by atoms with E-state index in [1.165, 1.54) is 103 Å². The minimum Gasteiger partial charge on any atom is -0.480 e. The molecule has 0 heterocycles. The lowest BCUT2D eigenvalue weighted by molar-refractivity contribution is -0.176. The zero-order valence-corrected chi connectivity index (χ0v) is 70.5. The fourth-order valence-electron chi connectivity index (χ4n) is 11.9. The van der Waals surface area contributed by atoms with Gasteiger partial charge in [0.05, 0.1) is 39.6 Å². The molecule has 0 aliphatic heterocycles. The fourth-order valence-corrected chi connectivity index (χ4v) is 11.9. The Hall–Kier alpha value is -5.30. The first-order chi connectivity index (χ1) is 49.4. The Kier molecular flexibility index (Phi) is 68.0. The van der Waals surface area contributed by atoms with Crippen LogP contribution in [0.4, 0.5) is 0 Å². The normalized spacial score (nSPS) is 12.3. The largest absolute Gasteiger partial charge is 0.480 e. The molecule has 0 aromatic heterocycles. The number of unbranched alkanes of at least 4 members (excludes halogenated alkanes) is 22. The number of carbonyl (C=O) groups is 10. The molecule has 0 fully saturated rings. The molecule has 3 unspecified atom stereocenters. The van der Waals surface area contributed by atoms with Gasteiger partial charge in [0.25, 0.3) is 0 Å². The minimum absolute atomic E-state index is 0.184. The SMILES string of the molecule is CCC(C)C(C)OC(=O)C(CC)(CC)C(=O)O.CCC(CC)(C(=O)O)C(=O)OC(C)C(C)C.CCCCCCCC(CCCCCCC)(C(=O)OCC)C(=O)OCC.CCCCCCCCCCC(CCCCCCCCCC)(C(=O)OCC)C(=O)OCC.CCOC(=O)C(CC)(CC)C(=O)OCC. The number of carboxylic acid groups (broad SMARTS) is 2. The van der Waals surface area contributed by atoms with E-state index in [4.69, 9.17) is 43.0 Å². The fraction of sp³-hybridized carbons (Fsp3) is 0.881. The van der Waals surface area contributed by atoms with Crippen LogP contribution in [0, 0.1) is 38.9 Å². The van der Waals surface area contributed by atoms with E-state index in [2.05, 4.69) is 27.7 Å². The summed E-state index contributed by atoms with van der Waals surface area (Å²) in [5.41, 5.74) is -6.11. The van der Waals surface area contributed by atoms with Gasteiger partial charge in [-0.2, -0.15) is 0 Å². The van der Waals surface area contributed by atoms with Gasteiger partial charge in [-0.1, -0.05) is 270 Å². The highest BCUT2D eigenvalue weighted by atomic mass is 16.6. The van der Waals surface area contributed by atoms with Crippen molar-refractivity contribution in [1.82, 2.24) is 0 Å². The molecule has 20 nitrogen and oxygen atoms in total. The smallest absolute Gasteiger partial charge is 0.323 e. The number of aliphatic carboxylic acids is 2. The molecule has 0 aliphatic rings. The highest BCUT2D eigenvalue weighted by Crippen LogP contribution is 2.38. The monoisotopic (exact) mass is 1490 g/mol. The van der Waals surface area contributed by atoms with E-state index < -0.39 is 62.9 Å². The lowest BCUT2D eigenvalue weighted by Crippen LogP contribution is -2.42. The number of esters is 8. The van der Waals surface area contributed by atoms with E-state index in [1.54, 1.807) is 90.0 Å². The second-order valence-corrected chi connectivity index (χ2v) is 28.1. The highest BCUT2D eigenvalue weighted by molar-refractivity contribution is 6.02. The third-order valence-corrected chi connectivity index (χ3v) is 20.5. The molecule has 0 radical (unpaired) electrons. The molecule has 0 saturated carbocycles. The maximum Gasteiger partial charge on any atom is 0.323 e. The van der Waals surface area contributed by atoms with Crippen LogP contribution in [0.15, 0.2) is 0 Å². The summed E-state index contributed by atoms with van der Waals surface area (Å²) in [6, 6.07) is 0. The van der Waals surface area contributed by atoms with Crippen LogP contribution in [-0.2, 0) is 85.8 Å². The van der Waals surface area contributed by atoms with Crippen LogP contribution in [0.3, 0.4) is 0 Å². The Morgan fingerprint density at radius 1 is 0.250 bits per heavy atom. The van der Waals surface area contributed by atoms with Gasteiger partial charge in [0.2, 0.25) is 0 Å². The van der Waals surface area contributed by atoms with Crippen molar-refractivity contribution in [3.63, 3.8) is 0 Å². The van der Waals surface area contributed by atoms with Crippen LogP contribution in [0.5, 0.6) is 0 Å². The van der Waals surface area contributed by atoms with Gasteiger partial charge >= 0.3 is 59.7 Å². The minimum atomic E-state index is -1.39. The van der Waals surface area contributed by atoms with Crippen molar-refractivity contribution in [3.8, 4) is 0 Å².